The fraction of sp³-hybridized carbons (Fsp3) is 1.00. The smallest absolute Gasteiger partial charge is 0.00728 e. The molecule has 1 aliphatic carbocycles. The van der Waals surface area contributed by atoms with E-state index >= 15 is 0 Å². The Hall–Kier alpha value is 0.270. The Balaban J connectivity index is 1.68. The highest BCUT2D eigenvalue weighted by molar-refractivity contribution is 7.99. The standard InChI is InChI=1S/C11H22N2S/c12-11-3-1-10(2-4-11)9-13-5-7-14-8-6-13/h10-11H,1-9,12H2. The lowest BCUT2D eigenvalue weighted by Gasteiger charge is -2.33. The van der Waals surface area contributed by atoms with Gasteiger partial charge in [0.1, 0.15) is 0 Å². The van der Waals surface area contributed by atoms with Gasteiger partial charge in [0.05, 0.1) is 0 Å². The first-order valence-electron chi connectivity index (χ1n) is 5.90. The number of hydrogen-bond acceptors (Lipinski definition) is 3. The number of nitrogens with two attached hydrogens (primary N) is 1. The van der Waals surface area contributed by atoms with Crippen molar-refractivity contribution in [3.05, 3.63) is 0 Å². The zero-order valence-electron chi connectivity index (χ0n) is 8.95. The van der Waals surface area contributed by atoms with Gasteiger partial charge in [0.15, 0.2) is 0 Å². The molecule has 0 bridgehead atoms. The largest absolute Gasteiger partial charge is 0.328 e. The van der Waals surface area contributed by atoms with Crippen LogP contribution in [0, 0.1) is 5.92 Å². The first-order valence-corrected chi connectivity index (χ1v) is 7.06. The summed E-state index contributed by atoms with van der Waals surface area (Å²) in [5, 5.41) is 0. The third-order valence-corrected chi connectivity index (χ3v) is 4.45. The second-order valence-electron chi connectivity index (χ2n) is 4.69. The van der Waals surface area contributed by atoms with Gasteiger partial charge in [0.2, 0.25) is 0 Å². The molecule has 1 aliphatic heterocycles. The van der Waals surface area contributed by atoms with Gasteiger partial charge < -0.3 is 10.6 Å². The zero-order valence-corrected chi connectivity index (χ0v) is 9.77. The zero-order chi connectivity index (χ0) is 9.80. The highest BCUT2D eigenvalue weighted by Crippen LogP contribution is 2.24. The molecular formula is C11H22N2S. The maximum atomic E-state index is 5.91. The lowest BCUT2D eigenvalue weighted by Crippen LogP contribution is -2.38. The number of rotatable bonds is 2. The van der Waals surface area contributed by atoms with Crippen LogP contribution >= 0.6 is 11.8 Å². The molecule has 2 rings (SSSR count). The summed E-state index contributed by atoms with van der Waals surface area (Å²) in [7, 11) is 0. The van der Waals surface area contributed by atoms with E-state index in [1.54, 1.807) is 0 Å². The van der Waals surface area contributed by atoms with E-state index in [0.717, 1.165) is 5.92 Å². The molecule has 0 amide bonds. The van der Waals surface area contributed by atoms with Gasteiger partial charge in [-0.25, -0.2) is 0 Å². The molecule has 0 unspecified atom stereocenters. The molecule has 1 saturated heterocycles. The van der Waals surface area contributed by atoms with Crippen molar-refractivity contribution < 1.29 is 0 Å². The molecule has 1 saturated carbocycles. The fourth-order valence-electron chi connectivity index (χ4n) is 2.52. The molecule has 2 N–H and O–H groups in total. The molecule has 82 valence electrons. The van der Waals surface area contributed by atoms with Crippen molar-refractivity contribution in [2.24, 2.45) is 11.7 Å². The third kappa shape index (κ3) is 3.14. The molecular weight excluding hydrogens is 192 g/mol. The van der Waals surface area contributed by atoms with Gasteiger partial charge >= 0.3 is 0 Å². The number of hydrogen-bond donors (Lipinski definition) is 1. The van der Waals surface area contributed by atoms with Gasteiger partial charge in [-0.15, -0.1) is 0 Å². The topological polar surface area (TPSA) is 29.3 Å². The summed E-state index contributed by atoms with van der Waals surface area (Å²) < 4.78 is 0. The molecule has 2 fully saturated rings. The number of thioether (sulfide) groups is 1. The van der Waals surface area contributed by atoms with E-state index in [9.17, 15) is 0 Å². The highest BCUT2D eigenvalue weighted by Gasteiger charge is 2.21. The van der Waals surface area contributed by atoms with E-state index in [2.05, 4.69) is 16.7 Å². The first-order chi connectivity index (χ1) is 6.84. The van der Waals surface area contributed by atoms with E-state index in [4.69, 9.17) is 5.73 Å². The molecule has 0 aromatic heterocycles. The highest BCUT2D eigenvalue weighted by atomic mass is 32.2. The molecule has 3 heteroatoms. The normalized spacial score (nSPS) is 35.8. The Morgan fingerprint density at radius 2 is 1.71 bits per heavy atom. The molecule has 0 radical (unpaired) electrons. The van der Waals surface area contributed by atoms with E-state index < -0.39 is 0 Å². The second kappa shape index (κ2) is 5.38. The average Bonchev–Trinajstić information content (AvgIpc) is 2.23. The predicted octanol–water partition coefficient (Wildman–Crippen LogP) is 1.55. The molecule has 0 atom stereocenters. The van der Waals surface area contributed by atoms with Crippen molar-refractivity contribution in [2.75, 3.05) is 31.1 Å². The molecule has 0 spiro atoms. The van der Waals surface area contributed by atoms with E-state index in [0.29, 0.717) is 6.04 Å². The molecule has 0 aromatic carbocycles. The summed E-state index contributed by atoms with van der Waals surface area (Å²) in [5.41, 5.74) is 5.91. The lowest BCUT2D eigenvalue weighted by atomic mass is 9.86. The van der Waals surface area contributed by atoms with Crippen LogP contribution in [0.25, 0.3) is 0 Å². The van der Waals surface area contributed by atoms with Crippen LogP contribution in [0.5, 0.6) is 0 Å². The summed E-state index contributed by atoms with van der Waals surface area (Å²) in [4.78, 5) is 2.65. The minimum Gasteiger partial charge on any atom is -0.328 e. The summed E-state index contributed by atoms with van der Waals surface area (Å²) >= 11 is 2.10. The van der Waals surface area contributed by atoms with E-state index in [1.807, 2.05) is 0 Å². The first kappa shape index (κ1) is 10.8. The Morgan fingerprint density at radius 3 is 2.36 bits per heavy atom. The summed E-state index contributed by atoms with van der Waals surface area (Å²) in [6.45, 7) is 3.97. The van der Waals surface area contributed by atoms with Crippen LogP contribution in [0.2, 0.25) is 0 Å². The predicted molar refractivity (Wildman–Crippen MR) is 63.7 cm³/mol. The van der Waals surface area contributed by atoms with Gasteiger partial charge in [-0.05, 0) is 31.6 Å². The second-order valence-corrected chi connectivity index (χ2v) is 5.92. The average molecular weight is 214 g/mol. The van der Waals surface area contributed by atoms with Crippen LogP contribution in [0.3, 0.4) is 0 Å². The van der Waals surface area contributed by atoms with Crippen molar-refractivity contribution >= 4 is 11.8 Å². The maximum Gasteiger partial charge on any atom is 0.00728 e. The van der Waals surface area contributed by atoms with Crippen molar-refractivity contribution in [3.8, 4) is 0 Å². The van der Waals surface area contributed by atoms with Crippen LogP contribution in [0.1, 0.15) is 25.7 Å². The van der Waals surface area contributed by atoms with Gasteiger partial charge in [-0.1, -0.05) is 0 Å². The fourth-order valence-corrected chi connectivity index (χ4v) is 3.50. The third-order valence-electron chi connectivity index (χ3n) is 3.51. The van der Waals surface area contributed by atoms with Gasteiger partial charge in [0, 0.05) is 37.2 Å². The molecule has 14 heavy (non-hydrogen) atoms. The van der Waals surface area contributed by atoms with Gasteiger partial charge in [-0.2, -0.15) is 11.8 Å². The summed E-state index contributed by atoms with van der Waals surface area (Å²) in [6, 6.07) is 0.503. The van der Waals surface area contributed by atoms with Crippen molar-refractivity contribution in [1.82, 2.24) is 4.90 Å². The quantitative estimate of drug-likeness (QED) is 0.756. The van der Waals surface area contributed by atoms with Gasteiger partial charge in [0.25, 0.3) is 0 Å². The van der Waals surface area contributed by atoms with Crippen LogP contribution in [-0.4, -0.2) is 42.1 Å². The molecule has 0 aromatic rings. The maximum absolute atomic E-state index is 5.91. The van der Waals surface area contributed by atoms with Crippen LogP contribution in [-0.2, 0) is 0 Å². The number of nitrogens with zero attached hydrogens (tertiary/aromatic N) is 1. The summed E-state index contributed by atoms with van der Waals surface area (Å²) in [5.74, 6) is 3.62. The van der Waals surface area contributed by atoms with Crippen LogP contribution in [0.15, 0.2) is 0 Å². The minimum absolute atomic E-state index is 0.503. The Bertz CT molecular complexity index is 161. The van der Waals surface area contributed by atoms with E-state index in [-0.39, 0.29) is 0 Å². The van der Waals surface area contributed by atoms with Gasteiger partial charge in [-0.3, -0.25) is 0 Å². The van der Waals surface area contributed by atoms with Crippen LogP contribution in [0.4, 0.5) is 0 Å². The molecule has 2 aliphatic rings. The lowest BCUT2D eigenvalue weighted by molar-refractivity contribution is 0.208. The summed E-state index contributed by atoms with van der Waals surface area (Å²) in [6.07, 6.45) is 5.25. The SMILES string of the molecule is NC1CCC(CN2CCSCC2)CC1. The molecule has 1 heterocycles. The Morgan fingerprint density at radius 1 is 1.07 bits per heavy atom. The molecule has 2 nitrogen and oxygen atoms in total. The van der Waals surface area contributed by atoms with Crippen molar-refractivity contribution in [1.29, 1.82) is 0 Å². The Kier molecular flexibility index (Phi) is 4.14. The van der Waals surface area contributed by atoms with Crippen molar-refractivity contribution in [2.45, 2.75) is 31.7 Å². The monoisotopic (exact) mass is 214 g/mol. The minimum atomic E-state index is 0.503. The Labute approximate surface area is 91.6 Å². The van der Waals surface area contributed by atoms with Crippen LogP contribution < -0.4 is 5.73 Å². The van der Waals surface area contributed by atoms with Crippen molar-refractivity contribution in [3.63, 3.8) is 0 Å². The van der Waals surface area contributed by atoms with E-state index in [1.165, 1.54) is 56.8 Å².